The average molecular weight is 514 g/mol. The summed E-state index contributed by atoms with van der Waals surface area (Å²) in [6.45, 7) is 1.36. The van der Waals surface area contributed by atoms with Crippen molar-refractivity contribution >= 4 is 39.6 Å². The number of amides is 1. The summed E-state index contributed by atoms with van der Waals surface area (Å²) in [5, 5.41) is 3.97. The lowest BCUT2D eigenvalue weighted by atomic mass is 10.2. The third kappa shape index (κ3) is 6.40. The Morgan fingerprint density at radius 3 is 2.51 bits per heavy atom. The zero-order valence-corrected chi connectivity index (χ0v) is 20.6. The van der Waals surface area contributed by atoms with Gasteiger partial charge in [0, 0.05) is 11.5 Å². The molecule has 0 radical (unpaired) electrons. The van der Waals surface area contributed by atoms with Crippen molar-refractivity contribution in [3.63, 3.8) is 0 Å². The molecule has 0 saturated carbocycles. The maximum atomic E-state index is 13.3. The van der Waals surface area contributed by atoms with E-state index in [0.29, 0.717) is 5.69 Å². The Hall–Kier alpha value is -3.37. The number of hydrogen-bond donors (Lipinski definition) is 1. The van der Waals surface area contributed by atoms with Crippen LogP contribution >= 0.6 is 11.8 Å². The van der Waals surface area contributed by atoms with Gasteiger partial charge in [-0.1, -0.05) is 29.8 Å². The fourth-order valence-corrected chi connectivity index (χ4v) is 5.23. The molecular formula is C25H24FN3O4S2. The van der Waals surface area contributed by atoms with Crippen molar-refractivity contribution in [1.29, 1.82) is 0 Å². The molecule has 1 amide bonds. The van der Waals surface area contributed by atoms with E-state index in [1.807, 2.05) is 43.0 Å². The van der Waals surface area contributed by atoms with Crippen LogP contribution in [0.15, 0.2) is 82.8 Å². The third-order valence-electron chi connectivity index (χ3n) is 5.18. The second kappa shape index (κ2) is 10.9. The first-order chi connectivity index (χ1) is 16.8. The minimum Gasteiger partial charge on any atom is -0.489 e. The van der Waals surface area contributed by atoms with Crippen LogP contribution in [0.1, 0.15) is 11.1 Å². The molecule has 1 N–H and O–H groups in total. The van der Waals surface area contributed by atoms with Crippen LogP contribution in [0.4, 0.5) is 10.1 Å². The van der Waals surface area contributed by atoms with E-state index in [1.54, 1.807) is 24.3 Å². The van der Waals surface area contributed by atoms with Gasteiger partial charge in [-0.15, -0.1) is 0 Å². The molecule has 1 aliphatic rings. The summed E-state index contributed by atoms with van der Waals surface area (Å²) in [6.07, 6.45) is 1.67. The molecule has 0 aliphatic carbocycles. The fraction of sp³-hybridized carbons (Fsp3) is 0.200. The van der Waals surface area contributed by atoms with E-state index in [2.05, 4.69) is 10.5 Å². The minimum absolute atomic E-state index is 0.127. The number of aryl methyl sites for hydroxylation is 1. The summed E-state index contributed by atoms with van der Waals surface area (Å²) >= 11 is 1.83. The van der Waals surface area contributed by atoms with E-state index >= 15 is 0 Å². The Kier molecular flexibility index (Phi) is 7.72. The Morgan fingerprint density at radius 1 is 1.14 bits per heavy atom. The maximum absolute atomic E-state index is 13.3. The lowest BCUT2D eigenvalue weighted by Gasteiger charge is -2.25. The van der Waals surface area contributed by atoms with Crippen molar-refractivity contribution < 1.29 is 22.3 Å². The van der Waals surface area contributed by atoms with Crippen LogP contribution in [0.3, 0.4) is 0 Å². The molecule has 182 valence electrons. The summed E-state index contributed by atoms with van der Waals surface area (Å²) in [4.78, 5) is 12.5. The SMILES string of the molecule is Cc1ccc(N(CC(=O)N/N=C\c2cccc(OC3CSC3)c2)S(=O)(=O)c2ccc(F)cc2)cc1. The largest absolute Gasteiger partial charge is 0.489 e. The molecule has 7 nitrogen and oxygen atoms in total. The Bertz CT molecular complexity index is 1310. The highest BCUT2D eigenvalue weighted by molar-refractivity contribution is 8.00. The van der Waals surface area contributed by atoms with E-state index in [-0.39, 0.29) is 11.0 Å². The lowest BCUT2D eigenvalue weighted by molar-refractivity contribution is -0.119. The molecule has 10 heteroatoms. The van der Waals surface area contributed by atoms with Gasteiger partial charge in [-0.3, -0.25) is 9.10 Å². The van der Waals surface area contributed by atoms with Crippen LogP contribution in [0, 0.1) is 12.7 Å². The average Bonchev–Trinajstić information content (AvgIpc) is 2.81. The van der Waals surface area contributed by atoms with Gasteiger partial charge in [-0.2, -0.15) is 16.9 Å². The molecule has 0 aromatic heterocycles. The number of hydrazone groups is 1. The van der Waals surface area contributed by atoms with Gasteiger partial charge in [-0.05, 0) is 61.0 Å². The van der Waals surface area contributed by atoms with Crippen molar-refractivity contribution in [3.05, 3.63) is 89.7 Å². The molecule has 1 fully saturated rings. The van der Waals surface area contributed by atoms with Crippen molar-refractivity contribution in [2.75, 3.05) is 22.4 Å². The number of nitrogens with one attached hydrogen (secondary N) is 1. The zero-order valence-electron chi connectivity index (χ0n) is 18.9. The van der Waals surface area contributed by atoms with Crippen molar-refractivity contribution in [2.45, 2.75) is 17.9 Å². The summed E-state index contributed by atoms with van der Waals surface area (Å²) in [7, 11) is -4.13. The maximum Gasteiger partial charge on any atom is 0.264 e. The number of thioether (sulfide) groups is 1. The lowest BCUT2D eigenvalue weighted by Crippen LogP contribution is -2.39. The van der Waals surface area contributed by atoms with Gasteiger partial charge in [0.2, 0.25) is 0 Å². The Morgan fingerprint density at radius 2 is 1.86 bits per heavy atom. The van der Waals surface area contributed by atoms with Gasteiger partial charge >= 0.3 is 0 Å². The molecule has 35 heavy (non-hydrogen) atoms. The molecule has 1 saturated heterocycles. The van der Waals surface area contributed by atoms with Gasteiger partial charge in [0.05, 0.1) is 16.8 Å². The van der Waals surface area contributed by atoms with Gasteiger partial charge < -0.3 is 4.74 Å². The first kappa shape index (κ1) is 24.7. The molecule has 0 spiro atoms. The number of sulfonamides is 1. The summed E-state index contributed by atoms with van der Waals surface area (Å²) in [5.74, 6) is 1.46. The molecule has 3 aromatic rings. The van der Waals surface area contributed by atoms with E-state index < -0.39 is 28.3 Å². The number of hydrogen-bond acceptors (Lipinski definition) is 6. The van der Waals surface area contributed by atoms with E-state index in [9.17, 15) is 17.6 Å². The predicted molar refractivity (Wildman–Crippen MR) is 136 cm³/mol. The number of nitrogens with zero attached hydrogens (tertiary/aromatic N) is 2. The number of benzene rings is 3. The summed E-state index contributed by atoms with van der Waals surface area (Å²) in [5.41, 5.74) is 4.34. The predicted octanol–water partition coefficient (Wildman–Crippen LogP) is 3.97. The van der Waals surface area contributed by atoms with Gasteiger partial charge in [0.25, 0.3) is 15.9 Å². The van der Waals surface area contributed by atoms with E-state index in [0.717, 1.165) is 44.8 Å². The van der Waals surface area contributed by atoms with Crippen LogP contribution in [0.5, 0.6) is 5.75 Å². The van der Waals surface area contributed by atoms with E-state index in [4.69, 9.17) is 4.74 Å². The van der Waals surface area contributed by atoms with Crippen LogP contribution in [0.2, 0.25) is 0 Å². The number of ether oxygens (including phenoxy) is 1. The second-order valence-electron chi connectivity index (χ2n) is 7.94. The molecule has 0 atom stereocenters. The van der Waals surface area contributed by atoms with Crippen LogP contribution in [0.25, 0.3) is 0 Å². The standard InChI is InChI=1S/C25H24FN3O4S2/c1-18-5-9-21(10-6-18)29(35(31,32)24-11-7-20(26)8-12-24)15-25(30)28-27-14-19-3-2-4-22(13-19)33-23-16-34-17-23/h2-14,23H,15-17H2,1H3,(H,28,30)/b27-14-. The number of anilines is 1. The summed E-state index contributed by atoms with van der Waals surface area (Å²) in [6, 6.07) is 18.5. The first-order valence-electron chi connectivity index (χ1n) is 10.8. The minimum atomic E-state index is -4.13. The molecular weight excluding hydrogens is 489 g/mol. The number of halogens is 1. The van der Waals surface area contributed by atoms with Crippen molar-refractivity contribution in [3.8, 4) is 5.75 Å². The van der Waals surface area contributed by atoms with Gasteiger partial charge in [0.1, 0.15) is 24.2 Å². The smallest absolute Gasteiger partial charge is 0.264 e. The number of carbonyl (C=O) groups is 1. The van der Waals surface area contributed by atoms with Gasteiger partial charge in [-0.25, -0.2) is 18.2 Å². The molecule has 3 aromatic carbocycles. The molecule has 1 heterocycles. The van der Waals surface area contributed by atoms with Gasteiger partial charge in [0.15, 0.2) is 0 Å². The number of rotatable bonds is 9. The van der Waals surface area contributed by atoms with Crippen molar-refractivity contribution in [2.24, 2.45) is 5.10 Å². The summed E-state index contributed by atoms with van der Waals surface area (Å²) < 4.78 is 46.7. The first-order valence-corrected chi connectivity index (χ1v) is 13.4. The second-order valence-corrected chi connectivity index (χ2v) is 10.9. The highest BCUT2D eigenvalue weighted by atomic mass is 32.2. The zero-order chi connectivity index (χ0) is 24.8. The highest BCUT2D eigenvalue weighted by Crippen LogP contribution is 2.25. The van der Waals surface area contributed by atoms with Crippen LogP contribution in [-0.2, 0) is 14.8 Å². The Balaban J connectivity index is 1.48. The fourth-order valence-electron chi connectivity index (χ4n) is 3.25. The Labute approximate surface area is 208 Å². The molecule has 4 rings (SSSR count). The molecule has 1 aliphatic heterocycles. The van der Waals surface area contributed by atoms with Crippen LogP contribution in [-0.4, -0.2) is 44.7 Å². The molecule has 0 bridgehead atoms. The monoisotopic (exact) mass is 513 g/mol. The third-order valence-corrected chi connectivity index (χ3v) is 8.19. The molecule has 0 unspecified atom stereocenters. The quantitative estimate of drug-likeness (QED) is 0.346. The highest BCUT2D eigenvalue weighted by Gasteiger charge is 2.27. The van der Waals surface area contributed by atoms with E-state index in [1.165, 1.54) is 18.3 Å². The van der Waals surface area contributed by atoms with Crippen molar-refractivity contribution in [1.82, 2.24) is 5.43 Å². The van der Waals surface area contributed by atoms with Crippen LogP contribution < -0.4 is 14.5 Å². The number of carbonyl (C=O) groups excluding carboxylic acids is 1. The topological polar surface area (TPSA) is 88.1 Å². The normalized spacial score (nSPS) is 13.9.